The molecule has 0 bridgehead atoms. The maximum absolute atomic E-state index is 11.3. The molecule has 1 fully saturated rings. The van der Waals surface area contributed by atoms with Gasteiger partial charge in [-0.3, -0.25) is 9.69 Å². The van der Waals surface area contributed by atoms with Crippen LogP contribution in [0, 0.1) is 0 Å². The minimum absolute atomic E-state index is 0.0881. The molecule has 0 spiro atoms. The third kappa shape index (κ3) is 2.36. The van der Waals surface area contributed by atoms with Gasteiger partial charge in [-0.15, -0.1) is 0 Å². The van der Waals surface area contributed by atoms with E-state index in [0.717, 1.165) is 17.1 Å². The van der Waals surface area contributed by atoms with Gasteiger partial charge in [0.25, 0.3) is 0 Å². The molecule has 0 aliphatic carbocycles. The van der Waals surface area contributed by atoms with Crippen molar-refractivity contribution >= 4 is 17.5 Å². The fraction of sp³-hybridized carbons (Fsp3) is 0.417. The van der Waals surface area contributed by atoms with E-state index in [1.165, 1.54) is 0 Å². The molecular formula is C12H15ClN2O. The second-order valence-electron chi connectivity index (χ2n) is 4.02. The smallest absolute Gasteiger partial charge is 0.234 e. The van der Waals surface area contributed by atoms with Crippen LogP contribution >= 0.6 is 11.6 Å². The SMILES string of the molecule is C[C@H](c1ccccc1Cl)N1CCNC(=O)C1. The zero-order valence-electron chi connectivity index (χ0n) is 9.24. The maximum Gasteiger partial charge on any atom is 0.234 e. The number of halogens is 1. The number of amides is 1. The molecule has 0 unspecified atom stereocenters. The van der Waals surface area contributed by atoms with Crippen LogP contribution in [-0.4, -0.2) is 30.4 Å². The van der Waals surface area contributed by atoms with E-state index in [1.807, 2.05) is 24.3 Å². The van der Waals surface area contributed by atoms with Gasteiger partial charge in [0, 0.05) is 24.2 Å². The summed E-state index contributed by atoms with van der Waals surface area (Å²) in [6, 6.07) is 7.97. The van der Waals surface area contributed by atoms with E-state index in [2.05, 4.69) is 17.1 Å². The highest BCUT2D eigenvalue weighted by Crippen LogP contribution is 2.27. The molecule has 1 heterocycles. The van der Waals surface area contributed by atoms with Gasteiger partial charge in [0.15, 0.2) is 0 Å². The van der Waals surface area contributed by atoms with Crippen LogP contribution in [0.3, 0.4) is 0 Å². The quantitative estimate of drug-likeness (QED) is 0.853. The first kappa shape index (κ1) is 11.4. The molecule has 1 amide bonds. The Bertz CT molecular complexity index is 394. The van der Waals surface area contributed by atoms with Crippen LogP contribution in [-0.2, 0) is 4.79 Å². The lowest BCUT2D eigenvalue weighted by Crippen LogP contribution is -2.48. The summed E-state index contributed by atoms with van der Waals surface area (Å²) in [5, 5.41) is 3.58. The Kier molecular flexibility index (Phi) is 3.46. The summed E-state index contributed by atoms with van der Waals surface area (Å²) in [4.78, 5) is 13.4. The lowest BCUT2D eigenvalue weighted by molar-refractivity contribution is -0.124. The lowest BCUT2D eigenvalue weighted by Gasteiger charge is -2.32. The first-order valence-corrected chi connectivity index (χ1v) is 5.81. The fourth-order valence-corrected chi connectivity index (χ4v) is 2.29. The third-order valence-corrected chi connectivity index (χ3v) is 3.32. The van der Waals surface area contributed by atoms with E-state index >= 15 is 0 Å². The second kappa shape index (κ2) is 4.85. The molecule has 0 aromatic heterocycles. The van der Waals surface area contributed by atoms with Gasteiger partial charge in [-0.2, -0.15) is 0 Å². The molecule has 1 saturated heterocycles. The molecule has 3 nitrogen and oxygen atoms in total. The summed E-state index contributed by atoms with van der Waals surface area (Å²) in [6.45, 7) is 4.12. The highest BCUT2D eigenvalue weighted by molar-refractivity contribution is 6.31. The number of carbonyl (C=O) groups excluding carboxylic acids is 1. The highest BCUT2D eigenvalue weighted by Gasteiger charge is 2.23. The topological polar surface area (TPSA) is 32.3 Å². The van der Waals surface area contributed by atoms with Gasteiger partial charge < -0.3 is 5.32 Å². The summed E-state index contributed by atoms with van der Waals surface area (Å²) in [5.74, 6) is 0.0881. The lowest BCUT2D eigenvalue weighted by atomic mass is 10.1. The molecule has 86 valence electrons. The van der Waals surface area contributed by atoms with Crippen molar-refractivity contribution in [2.45, 2.75) is 13.0 Å². The highest BCUT2D eigenvalue weighted by atomic mass is 35.5. The predicted octanol–water partition coefficient (Wildman–Crippen LogP) is 1.83. The molecule has 1 aromatic carbocycles. The number of nitrogens with one attached hydrogen (secondary N) is 1. The van der Waals surface area contributed by atoms with E-state index in [9.17, 15) is 4.79 Å². The van der Waals surface area contributed by atoms with Crippen molar-refractivity contribution in [3.63, 3.8) is 0 Å². The molecule has 1 atom stereocenters. The standard InChI is InChI=1S/C12H15ClN2O/c1-9(10-4-2-3-5-11(10)13)15-7-6-14-12(16)8-15/h2-5,9H,6-8H2,1H3,(H,14,16)/t9-/m1/s1. The van der Waals surface area contributed by atoms with E-state index in [-0.39, 0.29) is 11.9 Å². The van der Waals surface area contributed by atoms with Gasteiger partial charge in [0.2, 0.25) is 5.91 Å². The summed E-state index contributed by atoms with van der Waals surface area (Å²) in [7, 11) is 0. The summed E-state index contributed by atoms with van der Waals surface area (Å²) >= 11 is 6.15. The molecule has 1 aliphatic heterocycles. The van der Waals surface area contributed by atoms with Gasteiger partial charge >= 0.3 is 0 Å². The van der Waals surface area contributed by atoms with Gasteiger partial charge in [-0.1, -0.05) is 29.8 Å². The van der Waals surface area contributed by atoms with Crippen LogP contribution in [0.15, 0.2) is 24.3 Å². The Morgan fingerprint density at radius 3 is 2.88 bits per heavy atom. The number of piperazine rings is 1. The van der Waals surface area contributed by atoms with Crippen molar-refractivity contribution in [1.82, 2.24) is 10.2 Å². The van der Waals surface area contributed by atoms with Gasteiger partial charge in [0.1, 0.15) is 0 Å². The molecule has 1 aromatic rings. The van der Waals surface area contributed by atoms with E-state index in [1.54, 1.807) is 0 Å². The molecule has 2 rings (SSSR count). The minimum Gasteiger partial charge on any atom is -0.354 e. The van der Waals surface area contributed by atoms with Crippen LogP contribution in [0.2, 0.25) is 5.02 Å². The number of hydrogen-bond acceptors (Lipinski definition) is 2. The molecule has 16 heavy (non-hydrogen) atoms. The number of hydrogen-bond donors (Lipinski definition) is 1. The van der Waals surface area contributed by atoms with Crippen LogP contribution in [0.1, 0.15) is 18.5 Å². The maximum atomic E-state index is 11.3. The summed E-state index contributed by atoms with van der Waals surface area (Å²) in [6.07, 6.45) is 0. The Morgan fingerprint density at radius 2 is 2.19 bits per heavy atom. The Hall–Kier alpha value is -1.06. The Labute approximate surface area is 100 Å². The normalized spacial score (nSPS) is 19.2. The van der Waals surface area contributed by atoms with Gasteiger partial charge in [-0.25, -0.2) is 0 Å². The van der Waals surface area contributed by atoms with Gasteiger partial charge in [0.05, 0.1) is 6.54 Å². The number of nitrogens with zero attached hydrogens (tertiary/aromatic N) is 1. The van der Waals surface area contributed by atoms with E-state index in [4.69, 9.17) is 11.6 Å². The van der Waals surface area contributed by atoms with Crippen molar-refractivity contribution in [1.29, 1.82) is 0 Å². The van der Waals surface area contributed by atoms with Crippen molar-refractivity contribution in [3.05, 3.63) is 34.9 Å². The van der Waals surface area contributed by atoms with E-state index in [0.29, 0.717) is 13.1 Å². The first-order chi connectivity index (χ1) is 7.68. The Morgan fingerprint density at radius 1 is 1.44 bits per heavy atom. The largest absolute Gasteiger partial charge is 0.354 e. The predicted molar refractivity (Wildman–Crippen MR) is 64.4 cm³/mol. The minimum atomic E-state index is 0.0881. The zero-order valence-corrected chi connectivity index (χ0v) is 10.00. The van der Waals surface area contributed by atoms with Crippen LogP contribution in [0.4, 0.5) is 0 Å². The third-order valence-electron chi connectivity index (χ3n) is 2.97. The number of benzene rings is 1. The second-order valence-corrected chi connectivity index (χ2v) is 4.43. The van der Waals surface area contributed by atoms with Crippen molar-refractivity contribution in [2.75, 3.05) is 19.6 Å². The van der Waals surface area contributed by atoms with Gasteiger partial charge in [-0.05, 0) is 18.6 Å². The Balaban J connectivity index is 2.15. The number of rotatable bonds is 2. The average molecular weight is 239 g/mol. The zero-order chi connectivity index (χ0) is 11.5. The molecule has 0 saturated carbocycles. The van der Waals surface area contributed by atoms with Crippen molar-refractivity contribution < 1.29 is 4.79 Å². The summed E-state index contributed by atoms with van der Waals surface area (Å²) < 4.78 is 0. The van der Waals surface area contributed by atoms with Crippen LogP contribution in [0.5, 0.6) is 0 Å². The summed E-state index contributed by atoms with van der Waals surface area (Å²) in [5.41, 5.74) is 1.08. The van der Waals surface area contributed by atoms with Crippen molar-refractivity contribution in [3.8, 4) is 0 Å². The molecule has 4 heteroatoms. The fourth-order valence-electron chi connectivity index (χ4n) is 2.00. The molecule has 1 N–H and O–H groups in total. The monoisotopic (exact) mass is 238 g/mol. The number of carbonyl (C=O) groups is 1. The van der Waals surface area contributed by atoms with Crippen molar-refractivity contribution in [2.24, 2.45) is 0 Å². The molecule has 1 aliphatic rings. The van der Waals surface area contributed by atoms with E-state index < -0.39 is 0 Å². The molecule has 0 radical (unpaired) electrons. The molecular weight excluding hydrogens is 224 g/mol. The average Bonchev–Trinajstić information content (AvgIpc) is 2.29. The van der Waals surface area contributed by atoms with Crippen LogP contribution in [0.25, 0.3) is 0 Å². The van der Waals surface area contributed by atoms with Crippen LogP contribution < -0.4 is 5.32 Å². The first-order valence-electron chi connectivity index (χ1n) is 5.43.